The standard InChI is InChI=1S/C14H17ClN4/c1-8(2)14-18-12(16)7-13(19-14)17-10-5-4-9(3)11(15)6-10/h4-8H,1-3H3,(H3,16,17,18,19). The molecular formula is C14H17ClN4. The Morgan fingerprint density at radius 1 is 1.21 bits per heavy atom. The van der Waals surface area contributed by atoms with Crippen molar-refractivity contribution in [2.24, 2.45) is 0 Å². The van der Waals surface area contributed by atoms with Crippen molar-refractivity contribution < 1.29 is 0 Å². The van der Waals surface area contributed by atoms with Crippen LogP contribution in [0.4, 0.5) is 17.3 Å². The Morgan fingerprint density at radius 3 is 2.58 bits per heavy atom. The van der Waals surface area contributed by atoms with Crippen LogP contribution in [0.5, 0.6) is 0 Å². The number of nitrogens with two attached hydrogens (primary N) is 1. The predicted molar refractivity (Wildman–Crippen MR) is 80.0 cm³/mol. The van der Waals surface area contributed by atoms with Gasteiger partial charge in [0, 0.05) is 22.7 Å². The summed E-state index contributed by atoms with van der Waals surface area (Å²) in [6.45, 7) is 6.02. The summed E-state index contributed by atoms with van der Waals surface area (Å²) < 4.78 is 0. The maximum absolute atomic E-state index is 6.10. The summed E-state index contributed by atoms with van der Waals surface area (Å²) in [5.41, 5.74) is 7.71. The van der Waals surface area contributed by atoms with E-state index in [2.05, 4.69) is 15.3 Å². The fraction of sp³-hybridized carbons (Fsp3) is 0.286. The molecule has 0 spiro atoms. The summed E-state index contributed by atoms with van der Waals surface area (Å²) in [5.74, 6) is 2.09. The van der Waals surface area contributed by atoms with Gasteiger partial charge in [-0.15, -0.1) is 0 Å². The largest absolute Gasteiger partial charge is 0.384 e. The predicted octanol–water partition coefficient (Wildman–Crippen LogP) is 3.89. The number of hydrogen-bond donors (Lipinski definition) is 2. The molecule has 5 heteroatoms. The molecule has 0 amide bonds. The van der Waals surface area contributed by atoms with Gasteiger partial charge in [-0.1, -0.05) is 31.5 Å². The van der Waals surface area contributed by atoms with Crippen LogP contribution in [-0.4, -0.2) is 9.97 Å². The van der Waals surface area contributed by atoms with Gasteiger partial charge in [0.15, 0.2) is 0 Å². The van der Waals surface area contributed by atoms with Gasteiger partial charge in [-0.25, -0.2) is 9.97 Å². The minimum atomic E-state index is 0.227. The van der Waals surface area contributed by atoms with Crippen LogP contribution in [0.25, 0.3) is 0 Å². The molecule has 0 aliphatic rings. The van der Waals surface area contributed by atoms with Gasteiger partial charge in [0.1, 0.15) is 17.5 Å². The van der Waals surface area contributed by atoms with Crippen LogP contribution < -0.4 is 11.1 Å². The van der Waals surface area contributed by atoms with E-state index in [9.17, 15) is 0 Å². The summed E-state index contributed by atoms with van der Waals surface area (Å²) >= 11 is 6.10. The highest BCUT2D eigenvalue weighted by Gasteiger charge is 2.07. The molecule has 0 aliphatic heterocycles. The van der Waals surface area contributed by atoms with Gasteiger partial charge in [0.2, 0.25) is 0 Å². The second kappa shape index (κ2) is 5.45. The van der Waals surface area contributed by atoms with E-state index in [0.717, 1.165) is 22.1 Å². The first-order valence-corrected chi connectivity index (χ1v) is 6.51. The zero-order chi connectivity index (χ0) is 14.0. The molecule has 1 aromatic heterocycles. The second-order valence-electron chi connectivity index (χ2n) is 4.78. The van der Waals surface area contributed by atoms with Gasteiger partial charge >= 0.3 is 0 Å². The van der Waals surface area contributed by atoms with Crippen molar-refractivity contribution in [2.75, 3.05) is 11.1 Å². The third kappa shape index (κ3) is 3.35. The number of rotatable bonds is 3. The Bertz CT molecular complexity index is 596. The zero-order valence-corrected chi connectivity index (χ0v) is 12.0. The van der Waals surface area contributed by atoms with E-state index in [4.69, 9.17) is 17.3 Å². The van der Waals surface area contributed by atoms with E-state index in [1.807, 2.05) is 39.0 Å². The fourth-order valence-corrected chi connectivity index (χ4v) is 1.81. The lowest BCUT2D eigenvalue weighted by Gasteiger charge is -2.10. The van der Waals surface area contributed by atoms with Crippen molar-refractivity contribution in [3.8, 4) is 0 Å². The van der Waals surface area contributed by atoms with Crippen molar-refractivity contribution in [1.82, 2.24) is 9.97 Å². The molecule has 0 saturated heterocycles. The zero-order valence-electron chi connectivity index (χ0n) is 11.2. The quantitative estimate of drug-likeness (QED) is 0.893. The minimum absolute atomic E-state index is 0.227. The number of nitrogens with zero attached hydrogens (tertiary/aromatic N) is 2. The number of benzene rings is 1. The first kappa shape index (κ1) is 13.6. The molecule has 2 aromatic rings. The van der Waals surface area contributed by atoms with E-state index < -0.39 is 0 Å². The first-order chi connectivity index (χ1) is 8.95. The topological polar surface area (TPSA) is 63.8 Å². The SMILES string of the molecule is Cc1ccc(Nc2cc(N)nc(C(C)C)n2)cc1Cl. The summed E-state index contributed by atoms with van der Waals surface area (Å²) in [5, 5.41) is 3.91. The van der Waals surface area contributed by atoms with Gasteiger partial charge in [0.25, 0.3) is 0 Å². The molecule has 0 unspecified atom stereocenters. The van der Waals surface area contributed by atoms with E-state index in [0.29, 0.717) is 11.6 Å². The molecule has 1 heterocycles. The molecular weight excluding hydrogens is 260 g/mol. The van der Waals surface area contributed by atoms with Crippen LogP contribution in [-0.2, 0) is 0 Å². The van der Waals surface area contributed by atoms with Crippen LogP contribution in [0.1, 0.15) is 31.2 Å². The van der Waals surface area contributed by atoms with Gasteiger partial charge in [-0.3, -0.25) is 0 Å². The highest BCUT2D eigenvalue weighted by molar-refractivity contribution is 6.31. The molecule has 2 rings (SSSR count). The maximum atomic E-state index is 6.10. The van der Waals surface area contributed by atoms with Crippen molar-refractivity contribution >= 4 is 28.9 Å². The molecule has 0 saturated carbocycles. The van der Waals surface area contributed by atoms with Crippen molar-refractivity contribution in [3.05, 3.63) is 40.7 Å². The molecule has 0 radical (unpaired) electrons. The molecule has 1 aromatic carbocycles. The minimum Gasteiger partial charge on any atom is -0.384 e. The Hall–Kier alpha value is -1.81. The summed E-state index contributed by atoms with van der Waals surface area (Å²) in [7, 11) is 0. The normalized spacial score (nSPS) is 10.8. The van der Waals surface area contributed by atoms with Crippen LogP contribution in [0.3, 0.4) is 0 Å². The third-order valence-electron chi connectivity index (χ3n) is 2.72. The average molecular weight is 277 g/mol. The van der Waals surface area contributed by atoms with Crippen LogP contribution in [0.15, 0.2) is 24.3 Å². The number of nitrogen functional groups attached to an aromatic ring is 1. The average Bonchev–Trinajstić information content (AvgIpc) is 2.33. The molecule has 19 heavy (non-hydrogen) atoms. The van der Waals surface area contributed by atoms with Gasteiger partial charge in [-0.2, -0.15) is 0 Å². The van der Waals surface area contributed by atoms with Gasteiger partial charge < -0.3 is 11.1 Å². The van der Waals surface area contributed by atoms with Crippen LogP contribution in [0, 0.1) is 6.92 Å². The first-order valence-electron chi connectivity index (χ1n) is 6.13. The van der Waals surface area contributed by atoms with E-state index >= 15 is 0 Å². The number of anilines is 3. The van der Waals surface area contributed by atoms with Crippen molar-refractivity contribution in [3.63, 3.8) is 0 Å². The summed E-state index contributed by atoms with van der Waals surface area (Å²) in [4.78, 5) is 8.64. The third-order valence-corrected chi connectivity index (χ3v) is 3.13. The lowest BCUT2D eigenvalue weighted by Crippen LogP contribution is -2.04. The number of aryl methyl sites for hydroxylation is 1. The molecule has 0 fully saturated rings. The molecule has 0 atom stereocenters. The lowest BCUT2D eigenvalue weighted by molar-refractivity contribution is 0.779. The Labute approximate surface area is 118 Å². The van der Waals surface area contributed by atoms with E-state index in [1.165, 1.54) is 0 Å². The smallest absolute Gasteiger partial charge is 0.136 e. The van der Waals surface area contributed by atoms with E-state index in [-0.39, 0.29) is 5.92 Å². The van der Waals surface area contributed by atoms with Crippen molar-refractivity contribution in [2.45, 2.75) is 26.7 Å². The van der Waals surface area contributed by atoms with Gasteiger partial charge in [-0.05, 0) is 24.6 Å². The summed E-state index contributed by atoms with van der Waals surface area (Å²) in [6.07, 6.45) is 0. The highest BCUT2D eigenvalue weighted by Crippen LogP contribution is 2.23. The van der Waals surface area contributed by atoms with Crippen LogP contribution in [0.2, 0.25) is 5.02 Å². The van der Waals surface area contributed by atoms with Gasteiger partial charge in [0.05, 0.1) is 0 Å². The lowest BCUT2D eigenvalue weighted by atomic mass is 10.2. The molecule has 3 N–H and O–H groups in total. The number of hydrogen-bond acceptors (Lipinski definition) is 4. The Balaban J connectivity index is 2.29. The monoisotopic (exact) mass is 276 g/mol. The van der Waals surface area contributed by atoms with E-state index in [1.54, 1.807) is 6.07 Å². The van der Waals surface area contributed by atoms with Crippen molar-refractivity contribution in [1.29, 1.82) is 0 Å². The molecule has 100 valence electrons. The second-order valence-corrected chi connectivity index (χ2v) is 5.19. The van der Waals surface area contributed by atoms with Crippen LogP contribution >= 0.6 is 11.6 Å². The Morgan fingerprint density at radius 2 is 1.95 bits per heavy atom. The molecule has 0 bridgehead atoms. The molecule has 4 nitrogen and oxygen atoms in total. The highest BCUT2D eigenvalue weighted by atomic mass is 35.5. The molecule has 0 aliphatic carbocycles. The number of aromatic nitrogens is 2. The fourth-order valence-electron chi connectivity index (χ4n) is 1.63. The Kier molecular flexibility index (Phi) is 3.90. The summed E-state index contributed by atoms with van der Waals surface area (Å²) in [6, 6.07) is 7.48. The number of nitrogens with one attached hydrogen (secondary N) is 1. The maximum Gasteiger partial charge on any atom is 0.136 e. The number of halogens is 1.